The van der Waals surface area contributed by atoms with Crippen LogP contribution in [-0.2, 0) is 21.2 Å². The van der Waals surface area contributed by atoms with Crippen LogP contribution in [0, 0.1) is 0 Å². The first-order valence-corrected chi connectivity index (χ1v) is 11.6. The number of carbonyl (C=O) groups excluding carboxylic acids is 2. The minimum atomic E-state index is -4.00. The highest BCUT2D eigenvalue weighted by Crippen LogP contribution is 2.29. The first kappa shape index (κ1) is 23.3. The Morgan fingerprint density at radius 1 is 1.19 bits per heavy atom. The topological polar surface area (TPSA) is 105 Å². The lowest BCUT2D eigenvalue weighted by Gasteiger charge is -2.27. The summed E-state index contributed by atoms with van der Waals surface area (Å²) in [7, 11) is -2.44. The van der Waals surface area contributed by atoms with E-state index in [4.69, 9.17) is 27.9 Å². The third-order valence-electron chi connectivity index (χ3n) is 4.73. The fourth-order valence-corrected chi connectivity index (χ4v) is 4.96. The summed E-state index contributed by atoms with van der Waals surface area (Å²) in [4.78, 5) is 25.4. The van der Waals surface area contributed by atoms with Gasteiger partial charge < -0.3 is 15.0 Å². The molecule has 8 nitrogen and oxygen atoms in total. The van der Waals surface area contributed by atoms with Crippen LogP contribution in [0.15, 0.2) is 41.3 Å². The molecule has 0 radical (unpaired) electrons. The van der Waals surface area contributed by atoms with Crippen molar-refractivity contribution in [2.24, 2.45) is 0 Å². The van der Waals surface area contributed by atoms with Crippen LogP contribution in [0.1, 0.15) is 15.9 Å². The summed E-state index contributed by atoms with van der Waals surface area (Å²) >= 11 is 12.3. The number of amides is 2. The van der Waals surface area contributed by atoms with Gasteiger partial charge in [0, 0.05) is 19.6 Å². The van der Waals surface area contributed by atoms with Crippen LogP contribution in [0.2, 0.25) is 10.0 Å². The molecule has 0 atom stereocenters. The van der Waals surface area contributed by atoms with E-state index in [1.54, 1.807) is 19.2 Å². The van der Waals surface area contributed by atoms with Crippen molar-refractivity contribution in [2.75, 3.05) is 33.3 Å². The van der Waals surface area contributed by atoms with Crippen LogP contribution in [0.25, 0.3) is 0 Å². The highest BCUT2D eigenvalue weighted by molar-refractivity contribution is 7.89. The molecule has 0 aromatic heterocycles. The molecule has 2 N–H and O–H groups in total. The van der Waals surface area contributed by atoms with Gasteiger partial charge in [0.2, 0.25) is 15.9 Å². The molecule has 31 heavy (non-hydrogen) atoms. The maximum atomic E-state index is 12.8. The molecule has 2 aromatic carbocycles. The van der Waals surface area contributed by atoms with Crippen molar-refractivity contribution >= 4 is 45.0 Å². The number of piperazine rings is 1. The predicted octanol–water partition coefficient (Wildman–Crippen LogP) is 2.10. The molecule has 0 aliphatic carbocycles. The summed E-state index contributed by atoms with van der Waals surface area (Å²) in [6, 6.07) is 9.63. The molecular formula is C20H21Cl2N3O5S. The predicted molar refractivity (Wildman–Crippen MR) is 117 cm³/mol. The highest BCUT2D eigenvalue weighted by atomic mass is 35.5. The fourth-order valence-electron chi connectivity index (χ4n) is 3.08. The van der Waals surface area contributed by atoms with Crippen molar-refractivity contribution in [1.29, 1.82) is 0 Å². The third kappa shape index (κ3) is 5.68. The van der Waals surface area contributed by atoms with Crippen molar-refractivity contribution in [3.63, 3.8) is 0 Å². The van der Waals surface area contributed by atoms with Gasteiger partial charge in [-0.2, -0.15) is 0 Å². The molecule has 1 aliphatic rings. The standard InChI is InChI=1S/C20H21Cl2N3O5S/c1-30-14-4-2-13(3-5-14)6-7-24-31(28,29)18-10-15(16(21)11-17(18)22)20(27)25-9-8-23-19(26)12-25/h2-5,10-11,24H,6-9,12H2,1H3,(H,23,26). The molecule has 1 fully saturated rings. The molecule has 0 bridgehead atoms. The van der Waals surface area contributed by atoms with Crippen LogP contribution in [-0.4, -0.2) is 58.4 Å². The third-order valence-corrected chi connectivity index (χ3v) is 6.97. The van der Waals surface area contributed by atoms with Crippen LogP contribution < -0.4 is 14.8 Å². The number of halogens is 2. The Hall–Kier alpha value is -2.33. The number of methoxy groups -OCH3 is 1. The van der Waals surface area contributed by atoms with Crippen molar-refractivity contribution in [2.45, 2.75) is 11.3 Å². The van der Waals surface area contributed by atoms with Gasteiger partial charge in [-0.3, -0.25) is 9.59 Å². The van der Waals surface area contributed by atoms with E-state index in [1.165, 1.54) is 11.0 Å². The van der Waals surface area contributed by atoms with E-state index in [-0.39, 0.29) is 39.5 Å². The lowest BCUT2D eigenvalue weighted by atomic mass is 10.1. The van der Waals surface area contributed by atoms with Gasteiger partial charge in [-0.15, -0.1) is 0 Å². The second-order valence-corrected chi connectivity index (χ2v) is 9.38. The van der Waals surface area contributed by atoms with Gasteiger partial charge in [-0.1, -0.05) is 35.3 Å². The number of rotatable bonds is 7. The van der Waals surface area contributed by atoms with E-state index in [0.29, 0.717) is 25.3 Å². The van der Waals surface area contributed by atoms with E-state index in [2.05, 4.69) is 10.0 Å². The Balaban J connectivity index is 1.76. The van der Waals surface area contributed by atoms with E-state index < -0.39 is 15.9 Å². The van der Waals surface area contributed by atoms with Crippen molar-refractivity contribution in [3.05, 3.63) is 57.6 Å². The Morgan fingerprint density at radius 2 is 1.90 bits per heavy atom. The summed E-state index contributed by atoms with van der Waals surface area (Å²) in [6.07, 6.45) is 0.448. The molecule has 0 unspecified atom stereocenters. The van der Waals surface area contributed by atoms with Crippen LogP contribution >= 0.6 is 23.2 Å². The zero-order chi connectivity index (χ0) is 22.6. The molecule has 1 saturated heterocycles. The maximum Gasteiger partial charge on any atom is 0.255 e. The molecule has 0 spiro atoms. The van der Waals surface area contributed by atoms with Gasteiger partial charge in [0.05, 0.1) is 29.3 Å². The van der Waals surface area contributed by atoms with E-state index in [1.807, 2.05) is 12.1 Å². The van der Waals surface area contributed by atoms with Gasteiger partial charge in [-0.05, 0) is 36.2 Å². The summed E-state index contributed by atoms with van der Waals surface area (Å²) in [6.45, 7) is 0.614. The summed E-state index contributed by atoms with van der Waals surface area (Å²) in [5.41, 5.74) is 0.890. The molecule has 11 heteroatoms. The number of nitrogens with zero attached hydrogens (tertiary/aromatic N) is 1. The smallest absolute Gasteiger partial charge is 0.255 e. The number of hydrogen-bond acceptors (Lipinski definition) is 5. The second kappa shape index (κ2) is 9.86. The van der Waals surface area contributed by atoms with Crippen LogP contribution in [0.3, 0.4) is 0 Å². The minimum Gasteiger partial charge on any atom is -0.497 e. The van der Waals surface area contributed by atoms with Gasteiger partial charge >= 0.3 is 0 Å². The SMILES string of the molecule is COc1ccc(CCNS(=O)(=O)c2cc(C(=O)N3CCNC(=O)C3)c(Cl)cc2Cl)cc1. The summed E-state index contributed by atoms with van der Waals surface area (Å²) < 4.78 is 33.2. The quantitative estimate of drug-likeness (QED) is 0.624. The molecule has 2 amide bonds. The lowest BCUT2D eigenvalue weighted by molar-refractivity contribution is -0.123. The van der Waals surface area contributed by atoms with E-state index >= 15 is 0 Å². The normalized spacial score (nSPS) is 14.3. The lowest BCUT2D eigenvalue weighted by Crippen LogP contribution is -2.50. The van der Waals surface area contributed by atoms with E-state index in [0.717, 1.165) is 11.6 Å². The number of ether oxygens (including phenoxy) is 1. The van der Waals surface area contributed by atoms with Crippen molar-refractivity contribution < 1.29 is 22.7 Å². The van der Waals surface area contributed by atoms with Gasteiger partial charge in [0.15, 0.2) is 0 Å². The summed E-state index contributed by atoms with van der Waals surface area (Å²) in [5, 5.41) is 2.53. The molecule has 0 saturated carbocycles. The monoisotopic (exact) mass is 485 g/mol. The van der Waals surface area contributed by atoms with Crippen LogP contribution in [0.4, 0.5) is 0 Å². The van der Waals surface area contributed by atoms with E-state index in [9.17, 15) is 18.0 Å². The Bertz CT molecular complexity index is 1090. The molecule has 1 heterocycles. The van der Waals surface area contributed by atoms with Gasteiger partial charge in [-0.25, -0.2) is 13.1 Å². The number of hydrogen-bond donors (Lipinski definition) is 2. The largest absolute Gasteiger partial charge is 0.497 e. The van der Waals surface area contributed by atoms with Crippen LogP contribution in [0.5, 0.6) is 5.75 Å². The van der Waals surface area contributed by atoms with Crippen molar-refractivity contribution in [1.82, 2.24) is 14.9 Å². The molecule has 1 aliphatic heterocycles. The molecule has 2 aromatic rings. The maximum absolute atomic E-state index is 12.8. The number of benzene rings is 2. The zero-order valence-corrected chi connectivity index (χ0v) is 19.0. The zero-order valence-electron chi connectivity index (χ0n) is 16.7. The Morgan fingerprint density at radius 3 is 2.55 bits per heavy atom. The number of carbonyl (C=O) groups is 2. The average molecular weight is 486 g/mol. The van der Waals surface area contributed by atoms with Crippen molar-refractivity contribution in [3.8, 4) is 5.75 Å². The minimum absolute atomic E-state index is 0.0122. The first-order valence-electron chi connectivity index (χ1n) is 9.39. The molecule has 166 valence electrons. The second-order valence-electron chi connectivity index (χ2n) is 6.83. The Labute approximate surface area is 190 Å². The fraction of sp³-hybridized carbons (Fsp3) is 0.300. The molecule has 3 rings (SSSR count). The highest BCUT2D eigenvalue weighted by Gasteiger charge is 2.27. The van der Waals surface area contributed by atoms with Gasteiger partial charge in [0.1, 0.15) is 10.6 Å². The summed E-state index contributed by atoms with van der Waals surface area (Å²) in [5.74, 6) is -0.121. The average Bonchev–Trinajstić information content (AvgIpc) is 2.73. The molecular weight excluding hydrogens is 465 g/mol. The number of nitrogens with one attached hydrogen (secondary N) is 2. The number of sulfonamides is 1. The first-order chi connectivity index (χ1) is 14.7. The Kier molecular flexibility index (Phi) is 7.42. The van der Waals surface area contributed by atoms with Gasteiger partial charge in [0.25, 0.3) is 5.91 Å².